The number of nitrogens with one attached hydrogen (secondary N) is 1. The zero-order valence-electron chi connectivity index (χ0n) is 22.9. The Bertz CT molecular complexity index is 782. The van der Waals surface area contributed by atoms with Crippen LogP contribution in [0.25, 0.3) is 0 Å². The lowest BCUT2D eigenvalue weighted by molar-refractivity contribution is 0.0696. The molecule has 0 atom stereocenters. The molecule has 1 aromatic rings. The van der Waals surface area contributed by atoms with Gasteiger partial charge in [-0.05, 0) is 31.0 Å². The van der Waals surface area contributed by atoms with E-state index in [-0.39, 0.29) is 30.2 Å². The lowest BCUT2D eigenvalue weighted by Crippen LogP contribution is -2.17. The molecule has 0 aromatic heterocycles. The Morgan fingerprint density at radius 2 is 1.19 bits per heavy atom. The molecular weight excluding hydrogens is 474 g/mol. The average molecular weight is 522 g/mol. The molecule has 1 amide bonds. The fraction of sp³-hybridized carbons (Fsp3) is 0.690. The lowest BCUT2D eigenvalue weighted by Gasteiger charge is -2.13. The second-order valence-electron chi connectivity index (χ2n) is 9.43. The van der Waals surface area contributed by atoms with Crippen LogP contribution in [0.4, 0.5) is 15.3 Å². The first kappa shape index (κ1) is 32.3. The van der Waals surface area contributed by atoms with Crippen molar-refractivity contribution in [3.05, 3.63) is 23.8 Å². The van der Waals surface area contributed by atoms with Crippen LogP contribution in [-0.2, 0) is 9.47 Å². The van der Waals surface area contributed by atoms with E-state index in [9.17, 15) is 19.5 Å². The number of carboxylic acid groups (broad SMARTS) is 1. The smallest absolute Gasteiger partial charge is 0.478 e. The second-order valence-corrected chi connectivity index (χ2v) is 9.43. The molecule has 0 bridgehead atoms. The van der Waals surface area contributed by atoms with Gasteiger partial charge in [-0.2, -0.15) is 0 Å². The first-order valence-electron chi connectivity index (χ1n) is 14.1. The molecule has 37 heavy (non-hydrogen) atoms. The summed E-state index contributed by atoms with van der Waals surface area (Å²) in [5, 5.41) is 11.8. The molecule has 0 aliphatic carbocycles. The maximum atomic E-state index is 12.2. The van der Waals surface area contributed by atoms with E-state index in [1.807, 2.05) is 0 Å². The molecule has 0 heterocycles. The Morgan fingerprint density at radius 3 is 1.70 bits per heavy atom. The van der Waals surface area contributed by atoms with Gasteiger partial charge in [0.05, 0.1) is 24.5 Å². The Kier molecular flexibility index (Phi) is 18.6. The largest absolute Gasteiger partial charge is 0.513 e. The number of hydrogen-bond donors (Lipinski definition) is 2. The number of aromatic carboxylic acids is 1. The molecule has 0 saturated carbocycles. The van der Waals surface area contributed by atoms with E-state index in [2.05, 4.69) is 19.2 Å². The predicted molar refractivity (Wildman–Crippen MR) is 146 cm³/mol. The summed E-state index contributed by atoms with van der Waals surface area (Å²) >= 11 is 0. The third-order valence-corrected chi connectivity index (χ3v) is 6.11. The van der Waals surface area contributed by atoms with Crippen LogP contribution in [-0.4, -0.2) is 36.5 Å². The third kappa shape index (κ3) is 16.6. The SMILES string of the molecule is CCCCCCCCCCOC(=O)Nc1cc(C(=O)O)ccc1OC(=O)OCCCCCCCCCC. The fourth-order valence-corrected chi connectivity index (χ4v) is 3.91. The van der Waals surface area contributed by atoms with E-state index >= 15 is 0 Å². The van der Waals surface area contributed by atoms with Gasteiger partial charge in [0.2, 0.25) is 0 Å². The molecule has 0 unspecified atom stereocenters. The molecule has 2 N–H and O–H groups in total. The number of carbonyl (C=O) groups is 3. The van der Waals surface area contributed by atoms with Crippen LogP contribution in [0.5, 0.6) is 5.75 Å². The molecule has 1 rings (SSSR count). The summed E-state index contributed by atoms with van der Waals surface area (Å²) < 4.78 is 15.6. The minimum Gasteiger partial charge on any atom is -0.478 e. The van der Waals surface area contributed by atoms with Gasteiger partial charge in [-0.1, -0.05) is 104 Å². The minimum absolute atomic E-state index is 0.00467. The Labute approximate surface area is 222 Å². The van der Waals surface area contributed by atoms with Crippen molar-refractivity contribution in [3.8, 4) is 5.75 Å². The second kappa shape index (κ2) is 21.3. The number of anilines is 1. The van der Waals surface area contributed by atoms with Crippen molar-refractivity contribution in [2.45, 2.75) is 117 Å². The highest BCUT2D eigenvalue weighted by atomic mass is 16.7. The summed E-state index contributed by atoms with van der Waals surface area (Å²) in [5.74, 6) is -1.17. The van der Waals surface area contributed by atoms with Gasteiger partial charge in [-0.15, -0.1) is 0 Å². The number of carboxylic acids is 1. The van der Waals surface area contributed by atoms with Crippen molar-refractivity contribution in [2.75, 3.05) is 18.5 Å². The zero-order valence-corrected chi connectivity index (χ0v) is 22.9. The lowest BCUT2D eigenvalue weighted by atomic mass is 10.1. The first-order valence-corrected chi connectivity index (χ1v) is 14.1. The van der Waals surface area contributed by atoms with Crippen molar-refractivity contribution in [1.82, 2.24) is 0 Å². The average Bonchev–Trinajstić information content (AvgIpc) is 2.87. The number of ether oxygens (including phenoxy) is 3. The van der Waals surface area contributed by atoms with Crippen molar-refractivity contribution in [3.63, 3.8) is 0 Å². The fourth-order valence-electron chi connectivity index (χ4n) is 3.91. The van der Waals surface area contributed by atoms with Crippen LogP contribution < -0.4 is 10.1 Å². The molecule has 0 fully saturated rings. The quantitative estimate of drug-likeness (QED) is 0.0945. The maximum absolute atomic E-state index is 12.2. The van der Waals surface area contributed by atoms with Crippen molar-refractivity contribution >= 4 is 23.9 Å². The van der Waals surface area contributed by atoms with Crippen LogP contribution in [0.1, 0.15) is 127 Å². The molecule has 0 spiro atoms. The molecule has 1 aromatic carbocycles. The molecule has 8 nitrogen and oxygen atoms in total. The number of rotatable bonds is 21. The summed E-state index contributed by atoms with van der Waals surface area (Å²) in [6.07, 6.45) is 16.4. The van der Waals surface area contributed by atoms with Crippen LogP contribution in [0.15, 0.2) is 18.2 Å². The van der Waals surface area contributed by atoms with E-state index in [0.717, 1.165) is 38.5 Å². The topological polar surface area (TPSA) is 111 Å². The third-order valence-electron chi connectivity index (χ3n) is 6.11. The molecule has 0 aliphatic rings. The maximum Gasteiger partial charge on any atom is 0.513 e. The van der Waals surface area contributed by atoms with E-state index in [4.69, 9.17) is 14.2 Å². The van der Waals surface area contributed by atoms with Gasteiger partial charge in [0.1, 0.15) is 0 Å². The molecule has 0 saturated heterocycles. The monoisotopic (exact) mass is 521 g/mol. The number of hydrogen-bond acceptors (Lipinski definition) is 6. The highest BCUT2D eigenvalue weighted by molar-refractivity contribution is 5.93. The van der Waals surface area contributed by atoms with Gasteiger partial charge < -0.3 is 19.3 Å². The summed E-state index contributed by atoms with van der Waals surface area (Å²) in [5.41, 5.74) is -0.0251. The predicted octanol–water partition coefficient (Wildman–Crippen LogP) is 8.73. The van der Waals surface area contributed by atoms with Gasteiger partial charge in [-0.3, -0.25) is 5.32 Å². The highest BCUT2D eigenvalue weighted by Crippen LogP contribution is 2.27. The van der Waals surface area contributed by atoms with Crippen LogP contribution >= 0.6 is 0 Å². The van der Waals surface area contributed by atoms with Crippen LogP contribution in [0, 0.1) is 0 Å². The van der Waals surface area contributed by atoms with Gasteiger partial charge in [0, 0.05) is 0 Å². The van der Waals surface area contributed by atoms with Crippen molar-refractivity contribution in [1.29, 1.82) is 0 Å². The van der Waals surface area contributed by atoms with Gasteiger partial charge >= 0.3 is 18.2 Å². The molecule has 8 heteroatoms. The van der Waals surface area contributed by atoms with E-state index in [1.165, 1.54) is 82.4 Å². The van der Waals surface area contributed by atoms with Gasteiger partial charge in [0.25, 0.3) is 0 Å². The van der Waals surface area contributed by atoms with E-state index in [1.54, 1.807) is 0 Å². The molecule has 0 radical (unpaired) electrons. The number of carbonyl (C=O) groups excluding carboxylic acids is 2. The van der Waals surface area contributed by atoms with Crippen LogP contribution in [0.2, 0.25) is 0 Å². The van der Waals surface area contributed by atoms with E-state index in [0.29, 0.717) is 0 Å². The first-order chi connectivity index (χ1) is 18.0. The highest BCUT2D eigenvalue weighted by Gasteiger charge is 2.16. The zero-order chi connectivity index (χ0) is 27.1. The number of amides is 1. The van der Waals surface area contributed by atoms with Gasteiger partial charge in [0.15, 0.2) is 5.75 Å². The molecule has 210 valence electrons. The van der Waals surface area contributed by atoms with Crippen molar-refractivity contribution in [2.24, 2.45) is 0 Å². The Morgan fingerprint density at radius 1 is 0.703 bits per heavy atom. The van der Waals surface area contributed by atoms with E-state index < -0.39 is 18.2 Å². The summed E-state index contributed by atoms with van der Waals surface area (Å²) in [6, 6.07) is 3.83. The Hall–Kier alpha value is -2.77. The van der Waals surface area contributed by atoms with Gasteiger partial charge in [-0.25, -0.2) is 14.4 Å². The summed E-state index contributed by atoms with van der Waals surface area (Å²) in [6.45, 7) is 4.89. The Balaban J connectivity index is 2.40. The number of unbranched alkanes of at least 4 members (excludes halogenated alkanes) is 14. The van der Waals surface area contributed by atoms with Crippen LogP contribution in [0.3, 0.4) is 0 Å². The van der Waals surface area contributed by atoms with Crippen molar-refractivity contribution < 1.29 is 33.7 Å². The molecular formula is C29H47NO7. The normalized spacial score (nSPS) is 10.6. The minimum atomic E-state index is -1.17. The standard InChI is InChI=1S/C29H47NO7/c1-3-5-7-9-11-13-15-17-21-35-28(33)30-25-23-24(27(31)32)19-20-26(25)37-29(34)36-22-18-16-14-12-10-8-6-4-2/h19-20,23H,3-18,21-22H2,1-2H3,(H,30,33)(H,31,32). The summed E-state index contributed by atoms with van der Waals surface area (Å²) in [7, 11) is 0. The number of benzene rings is 1. The molecule has 0 aliphatic heterocycles. The summed E-state index contributed by atoms with van der Waals surface area (Å²) in [4.78, 5) is 35.7.